The molecule has 0 atom stereocenters. The quantitative estimate of drug-likeness (QED) is 0.558. The van der Waals surface area contributed by atoms with Crippen molar-refractivity contribution in [2.45, 2.75) is 0 Å². The maximum atomic E-state index is 10.9. The Bertz CT molecular complexity index is 263. The number of ether oxygens (including phenoxy) is 1. The normalized spacial score (nSPS) is 9.73. The zero-order valence-electron chi connectivity index (χ0n) is 6.17. The zero-order chi connectivity index (χ0) is 8.43. The fourth-order valence-corrected chi connectivity index (χ4v) is 1.05. The van der Waals surface area contributed by atoms with Crippen LogP contribution in [0, 0.1) is 3.70 Å². The van der Waals surface area contributed by atoms with E-state index in [4.69, 9.17) is 0 Å². The average molecular weight is 266 g/mol. The monoisotopic (exact) mass is 266 g/mol. The summed E-state index contributed by atoms with van der Waals surface area (Å²) in [6.45, 7) is 0. The van der Waals surface area contributed by atoms with E-state index in [0.717, 1.165) is 3.70 Å². The summed E-state index contributed by atoms with van der Waals surface area (Å²) in [5.74, 6) is -0.400. The fourth-order valence-electron chi connectivity index (χ4n) is 0.649. The molecule has 0 bridgehead atoms. The van der Waals surface area contributed by atoms with Crippen molar-refractivity contribution in [1.29, 1.82) is 0 Å². The number of aryl methyl sites for hydroxylation is 1. The van der Waals surface area contributed by atoms with Crippen molar-refractivity contribution >= 4 is 28.6 Å². The third kappa shape index (κ3) is 1.70. The predicted molar refractivity (Wildman–Crippen MR) is 47.3 cm³/mol. The molecule has 0 spiro atoms. The predicted octanol–water partition coefficient (Wildman–Crippen LogP) is 0.811. The molecule has 11 heavy (non-hydrogen) atoms. The standard InChI is InChI=1S/C6H7IN2O2/c1-9-5(7)3-4(8-9)6(10)11-2/h3H,1-2H3. The first-order valence-corrected chi connectivity index (χ1v) is 4.01. The van der Waals surface area contributed by atoms with Crippen LogP contribution in [0.15, 0.2) is 6.07 Å². The van der Waals surface area contributed by atoms with Gasteiger partial charge in [-0.3, -0.25) is 4.68 Å². The van der Waals surface area contributed by atoms with E-state index in [1.807, 2.05) is 0 Å². The fraction of sp³-hybridized carbons (Fsp3) is 0.333. The molecule has 0 aliphatic rings. The van der Waals surface area contributed by atoms with E-state index in [2.05, 4.69) is 32.4 Å². The molecule has 0 amide bonds. The Morgan fingerprint density at radius 2 is 2.45 bits per heavy atom. The molecule has 1 aromatic rings. The van der Waals surface area contributed by atoms with E-state index in [-0.39, 0.29) is 0 Å². The molecule has 0 N–H and O–H groups in total. The summed E-state index contributed by atoms with van der Waals surface area (Å²) in [6, 6.07) is 1.67. The lowest BCUT2D eigenvalue weighted by Crippen LogP contribution is -2.02. The number of esters is 1. The number of aromatic nitrogens is 2. The summed E-state index contributed by atoms with van der Waals surface area (Å²) in [5.41, 5.74) is 0.347. The van der Waals surface area contributed by atoms with Gasteiger partial charge in [0.2, 0.25) is 0 Å². The number of hydrogen-bond acceptors (Lipinski definition) is 3. The molecule has 0 aliphatic carbocycles. The third-order valence-corrected chi connectivity index (χ3v) is 2.23. The number of carbonyl (C=O) groups is 1. The highest BCUT2D eigenvalue weighted by molar-refractivity contribution is 14.1. The van der Waals surface area contributed by atoms with E-state index in [9.17, 15) is 4.79 Å². The Kier molecular flexibility index (Phi) is 2.48. The molecule has 0 fully saturated rings. The van der Waals surface area contributed by atoms with Gasteiger partial charge in [0.1, 0.15) is 0 Å². The molecule has 0 aromatic carbocycles. The second kappa shape index (κ2) is 3.21. The van der Waals surface area contributed by atoms with Crippen molar-refractivity contribution in [2.75, 3.05) is 7.11 Å². The van der Waals surface area contributed by atoms with Gasteiger partial charge in [-0.15, -0.1) is 0 Å². The molecule has 5 heteroatoms. The van der Waals surface area contributed by atoms with E-state index in [1.54, 1.807) is 17.8 Å². The van der Waals surface area contributed by atoms with Gasteiger partial charge in [-0.25, -0.2) is 4.79 Å². The Morgan fingerprint density at radius 1 is 1.82 bits per heavy atom. The average Bonchev–Trinajstić information content (AvgIpc) is 2.31. The van der Waals surface area contributed by atoms with Crippen molar-refractivity contribution in [3.8, 4) is 0 Å². The summed E-state index contributed by atoms with van der Waals surface area (Å²) in [7, 11) is 3.11. The van der Waals surface area contributed by atoms with Gasteiger partial charge in [-0.1, -0.05) is 0 Å². The lowest BCUT2D eigenvalue weighted by Gasteiger charge is -1.90. The summed E-state index contributed by atoms with van der Waals surface area (Å²) in [6.07, 6.45) is 0. The molecule has 0 saturated carbocycles. The van der Waals surface area contributed by atoms with Crippen molar-refractivity contribution in [3.05, 3.63) is 15.5 Å². The van der Waals surface area contributed by atoms with Crippen LogP contribution < -0.4 is 0 Å². The molecule has 1 aromatic heterocycles. The molecule has 1 rings (SSSR count). The van der Waals surface area contributed by atoms with Crippen molar-refractivity contribution in [2.24, 2.45) is 7.05 Å². The highest BCUT2D eigenvalue weighted by Gasteiger charge is 2.10. The maximum Gasteiger partial charge on any atom is 0.358 e. The van der Waals surface area contributed by atoms with Crippen molar-refractivity contribution in [1.82, 2.24) is 9.78 Å². The largest absolute Gasteiger partial charge is 0.464 e. The number of rotatable bonds is 1. The molecular weight excluding hydrogens is 259 g/mol. The maximum absolute atomic E-state index is 10.9. The van der Waals surface area contributed by atoms with Crippen LogP contribution in [0.25, 0.3) is 0 Å². The van der Waals surface area contributed by atoms with Crippen LogP contribution in [-0.2, 0) is 11.8 Å². The molecule has 1 heterocycles. The van der Waals surface area contributed by atoms with Crippen LogP contribution in [0.4, 0.5) is 0 Å². The minimum atomic E-state index is -0.400. The second-order valence-electron chi connectivity index (χ2n) is 1.97. The van der Waals surface area contributed by atoms with E-state index in [0.29, 0.717) is 5.69 Å². The minimum absolute atomic E-state index is 0.347. The van der Waals surface area contributed by atoms with E-state index >= 15 is 0 Å². The SMILES string of the molecule is COC(=O)c1cc(I)n(C)n1. The number of carbonyl (C=O) groups excluding carboxylic acids is 1. The first-order chi connectivity index (χ1) is 5.15. The van der Waals surface area contributed by atoms with Crippen LogP contribution in [-0.4, -0.2) is 22.9 Å². The zero-order valence-corrected chi connectivity index (χ0v) is 8.32. The Morgan fingerprint density at radius 3 is 2.82 bits per heavy atom. The summed E-state index contributed by atoms with van der Waals surface area (Å²) in [5, 5.41) is 3.92. The van der Waals surface area contributed by atoms with Gasteiger partial charge >= 0.3 is 5.97 Å². The Balaban J connectivity index is 2.97. The first kappa shape index (κ1) is 8.51. The summed E-state index contributed by atoms with van der Waals surface area (Å²) in [4.78, 5) is 10.9. The Hall–Kier alpha value is -0.590. The topological polar surface area (TPSA) is 44.1 Å². The molecule has 4 nitrogen and oxygen atoms in total. The number of halogens is 1. The number of hydrogen-bond donors (Lipinski definition) is 0. The highest BCUT2D eigenvalue weighted by Crippen LogP contribution is 2.06. The summed E-state index contributed by atoms with van der Waals surface area (Å²) < 4.78 is 7.01. The molecule has 60 valence electrons. The third-order valence-electron chi connectivity index (χ3n) is 1.22. The lowest BCUT2D eigenvalue weighted by molar-refractivity contribution is 0.0593. The molecule has 0 aliphatic heterocycles. The smallest absolute Gasteiger partial charge is 0.358 e. The van der Waals surface area contributed by atoms with Crippen molar-refractivity contribution in [3.63, 3.8) is 0 Å². The van der Waals surface area contributed by atoms with Crippen LogP contribution in [0.5, 0.6) is 0 Å². The molecule has 0 saturated heterocycles. The van der Waals surface area contributed by atoms with Gasteiger partial charge < -0.3 is 4.74 Å². The minimum Gasteiger partial charge on any atom is -0.464 e. The van der Waals surface area contributed by atoms with Crippen LogP contribution >= 0.6 is 22.6 Å². The molecule has 0 radical (unpaired) electrons. The molecule has 0 unspecified atom stereocenters. The van der Waals surface area contributed by atoms with Gasteiger partial charge in [0.15, 0.2) is 5.69 Å². The highest BCUT2D eigenvalue weighted by atomic mass is 127. The van der Waals surface area contributed by atoms with Gasteiger partial charge in [-0.2, -0.15) is 5.10 Å². The van der Waals surface area contributed by atoms with Crippen molar-refractivity contribution < 1.29 is 9.53 Å². The van der Waals surface area contributed by atoms with Gasteiger partial charge in [-0.05, 0) is 22.6 Å². The van der Waals surface area contributed by atoms with Crippen LogP contribution in [0.3, 0.4) is 0 Å². The lowest BCUT2D eigenvalue weighted by atomic mass is 10.4. The van der Waals surface area contributed by atoms with E-state index < -0.39 is 5.97 Å². The van der Waals surface area contributed by atoms with Gasteiger partial charge in [0, 0.05) is 13.1 Å². The number of nitrogens with zero attached hydrogens (tertiary/aromatic N) is 2. The first-order valence-electron chi connectivity index (χ1n) is 2.93. The van der Waals surface area contributed by atoms with Crippen LogP contribution in [0.1, 0.15) is 10.5 Å². The summed E-state index contributed by atoms with van der Waals surface area (Å²) >= 11 is 2.09. The molecular formula is C6H7IN2O2. The van der Waals surface area contributed by atoms with Crippen LogP contribution in [0.2, 0.25) is 0 Å². The van der Waals surface area contributed by atoms with Gasteiger partial charge in [0.05, 0.1) is 10.8 Å². The van der Waals surface area contributed by atoms with Gasteiger partial charge in [0.25, 0.3) is 0 Å². The van der Waals surface area contributed by atoms with E-state index in [1.165, 1.54) is 7.11 Å². The number of methoxy groups -OCH3 is 1. The second-order valence-corrected chi connectivity index (χ2v) is 3.07. The Labute approximate surface area is 77.7 Å².